The number of aromatic nitrogens is 1. The van der Waals surface area contributed by atoms with Crippen LogP contribution in [0.4, 0.5) is 0 Å². The van der Waals surface area contributed by atoms with Gasteiger partial charge in [0.15, 0.2) is 0 Å². The second-order valence-corrected chi connectivity index (χ2v) is 4.07. The van der Waals surface area contributed by atoms with Gasteiger partial charge < -0.3 is 14.8 Å². The molecule has 1 atom stereocenters. The summed E-state index contributed by atoms with van der Waals surface area (Å²) in [4.78, 5) is 4.21. The van der Waals surface area contributed by atoms with Gasteiger partial charge in [0, 0.05) is 12.8 Å². The summed E-state index contributed by atoms with van der Waals surface area (Å²) in [7, 11) is 0. The van der Waals surface area contributed by atoms with E-state index in [9.17, 15) is 0 Å². The lowest BCUT2D eigenvalue weighted by molar-refractivity contribution is 0.112. The van der Waals surface area contributed by atoms with Gasteiger partial charge in [-0.2, -0.15) is 0 Å². The molecule has 102 valence electrons. The molecule has 4 nitrogen and oxygen atoms in total. The SMILES string of the molecule is CCCOCC(NCC)c1cncc(OCC)c1. The summed E-state index contributed by atoms with van der Waals surface area (Å²) in [5.41, 5.74) is 1.11. The molecule has 18 heavy (non-hydrogen) atoms. The zero-order valence-corrected chi connectivity index (χ0v) is 11.6. The Kier molecular flexibility index (Phi) is 7.37. The van der Waals surface area contributed by atoms with Crippen molar-refractivity contribution >= 4 is 0 Å². The molecule has 0 bridgehead atoms. The van der Waals surface area contributed by atoms with E-state index in [1.807, 2.05) is 19.2 Å². The molecule has 0 aliphatic carbocycles. The van der Waals surface area contributed by atoms with E-state index in [4.69, 9.17) is 9.47 Å². The maximum absolute atomic E-state index is 5.62. The Morgan fingerprint density at radius 3 is 2.78 bits per heavy atom. The van der Waals surface area contributed by atoms with Gasteiger partial charge >= 0.3 is 0 Å². The predicted octanol–water partition coefficient (Wildman–Crippen LogP) is 2.56. The minimum absolute atomic E-state index is 0.175. The van der Waals surface area contributed by atoms with Crippen molar-refractivity contribution in [3.8, 4) is 5.75 Å². The third kappa shape index (κ3) is 5.02. The number of likely N-dealkylation sites (N-methyl/N-ethyl adjacent to an activating group) is 1. The topological polar surface area (TPSA) is 43.4 Å². The molecule has 4 heteroatoms. The van der Waals surface area contributed by atoms with Crippen molar-refractivity contribution in [2.75, 3.05) is 26.4 Å². The average molecular weight is 252 g/mol. The lowest BCUT2D eigenvalue weighted by atomic mass is 10.1. The van der Waals surface area contributed by atoms with Crippen LogP contribution in [0.5, 0.6) is 5.75 Å². The van der Waals surface area contributed by atoms with E-state index in [-0.39, 0.29) is 6.04 Å². The first-order valence-corrected chi connectivity index (χ1v) is 6.70. The van der Waals surface area contributed by atoms with Gasteiger partial charge in [-0.25, -0.2) is 0 Å². The van der Waals surface area contributed by atoms with Gasteiger partial charge in [-0.1, -0.05) is 13.8 Å². The van der Waals surface area contributed by atoms with E-state index in [1.54, 1.807) is 6.20 Å². The van der Waals surface area contributed by atoms with E-state index in [0.717, 1.165) is 30.9 Å². The molecule has 1 rings (SSSR count). The fraction of sp³-hybridized carbons (Fsp3) is 0.643. The Morgan fingerprint density at radius 2 is 2.11 bits per heavy atom. The van der Waals surface area contributed by atoms with E-state index >= 15 is 0 Å². The molecular formula is C14H24N2O2. The van der Waals surface area contributed by atoms with Crippen LogP contribution < -0.4 is 10.1 Å². The Balaban J connectivity index is 2.67. The number of nitrogens with zero attached hydrogens (tertiary/aromatic N) is 1. The standard InChI is InChI=1S/C14H24N2O2/c1-4-7-17-11-14(16-5-2)12-8-13(18-6-3)10-15-9-12/h8-10,14,16H,4-7,11H2,1-3H3. The highest BCUT2D eigenvalue weighted by Crippen LogP contribution is 2.18. The fourth-order valence-electron chi connectivity index (χ4n) is 1.74. The van der Waals surface area contributed by atoms with Gasteiger partial charge in [-0.3, -0.25) is 4.98 Å². The van der Waals surface area contributed by atoms with Gasteiger partial charge in [0.05, 0.1) is 25.5 Å². The van der Waals surface area contributed by atoms with Crippen molar-refractivity contribution in [2.24, 2.45) is 0 Å². The third-order valence-corrected chi connectivity index (χ3v) is 2.53. The third-order valence-electron chi connectivity index (χ3n) is 2.53. The number of nitrogens with one attached hydrogen (secondary N) is 1. The predicted molar refractivity (Wildman–Crippen MR) is 72.9 cm³/mol. The van der Waals surface area contributed by atoms with Crippen LogP contribution in [0.1, 0.15) is 38.8 Å². The highest BCUT2D eigenvalue weighted by molar-refractivity contribution is 5.26. The summed E-state index contributed by atoms with van der Waals surface area (Å²) >= 11 is 0. The van der Waals surface area contributed by atoms with Crippen LogP contribution in [0.3, 0.4) is 0 Å². The lowest BCUT2D eigenvalue weighted by Gasteiger charge is -2.18. The van der Waals surface area contributed by atoms with Gasteiger partial charge in [-0.15, -0.1) is 0 Å². The minimum atomic E-state index is 0.175. The van der Waals surface area contributed by atoms with Crippen LogP contribution in [0.25, 0.3) is 0 Å². The second kappa shape index (κ2) is 8.89. The van der Waals surface area contributed by atoms with Crippen molar-refractivity contribution in [1.82, 2.24) is 10.3 Å². The summed E-state index contributed by atoms with van der Waals surface area (Å²) < 4.78 is 11.1. The minimum Gasteiger partial charge on any atom is -0.492 e. The summed E-state index contributed by atoms with van der Waals surface area (Å²) in [5.74, 6) is 0.813. The van der Waals surface area contributed by atoms with Crippen LogP contribution in [0.15, 0.2) is 18.5 Å². The first kappa shape index (κ1) is 14.9. The fourth-order valence-corrected chi connectivity index (χ4v) is 1.74. The normalized spacial score (nSPS) is 12.4. The van der Waals surface area contributed by atoms with Crippen LogP contribution in [-0.2, 0) is 4.74 Å². The number of hydrogen-bond acceptors (Lipinski definition) is 4. The Bertz CT molecular complexity index is 331. The monoisotopic (exact) mass is 252 g/mol. The molecule has 0 saturated heterocycles. The van der Waals surface area contributed by atoms with E-state index in [1.165, 1.54) is 0 Å². The summed E-state index contributed by atoms with van der Waals surface area (Å²) in [6.45, 7) is 9.19. The van der Waals surface area contributed by atoms with E-state index < -0.39 is 0 Å². The van der Waals surface area contributed by atoms with Crippen molar-refractivity contribution < 1.29 is 9.47 Å². The molecule has 0 aliphatic rings. The molecule has 0 saturated carbocycles. The molecule has 0 spiro atoms. The van der Waals surface area contributed by atoms with E-state index in [2.05, 4.69) is 24.1 Å². The average Bonchev–Trinajstić information content (AvgIpc) is 2.39. The zero-order chi connectivity index (χ0) is 13.2. The van der Waals surface area contributed by atoms with Crippen LogP contribution >= 0.6 is 0 Å². The lowest BCUT2D eigenvalue weighted by Crippen LogP contribution is -2.25. The number of hydrogen-bond donors (Lipinski definition) is 1. The van der Waals surface area contributed by atoms with Gasteiger partial charge in [0.1, 0.15) is 5.75 Å². The quantitative estimate of drug-likeness (QED) is 0.686. The summed E-state index contributed by atoms with van der Waals surface area (Å²) in [6, 6.07) is 2.20. The first-order valence-electron chi connectivity index (χ1n) is 6.70. The van der Waals surface area contributed by atoms with Crippen molar-refractivity contribution in [3.63, 3.8) is 0 Å². The molecule has 0 fully saturated rings. The summed E-state index contributed by atoms with van der Waals surface area (Å²) in [6.07, 6.45) is 4.64. The zero-order valence-electron chi connectivity index (χ0n) is 11.6. The van der Waals surface area contributed by atoms with Crippen LogP contribution in [-0.4, -0.2) is 31.3 Å². The van der Waals surface area contributed by atoms with Gasteiger partial charge in [0.2, 0.25) is 0 Å². The number of pyridine rings is 1. The van der Waals surface area contributed by atoms with Crippen molar-refractivity contribution in [1.29, 1.82) is 0 Å². The molecule has 1 unspecified atom stereocenters. The second-order valence-electron chi connectivity index (χ2n) is 4.07. The number of ether oxygens (including phenoxy) is 2. The smallest absolute Gasteiger partial charge is 0.137 e. The maximum atomic E-state index is 5.62. The molecule has 0 aromatic carbocycles. The molecule has 0 radical (unpaired) electrons. The van der Waals surface area contributed by atoms with Crippen molar-refractivity contribution in [3.05, 3.63) is 24.0 Å². The Hall–Kier alpha value is -1.13. The maximum Gasteiger partial charge on any atom is 0.137 e. The Labute approximate surface area is 110 Å². The van der Waals surface area contributed by atoms with Gasteiger partial charge in [0.25, 0.3) is 0 Å². The van der Waals surface area contributed by atoms with Crippen LogP contribution in [0.2, 0.25) is 0 Å². The molecule has 1 N–H and O–H groups in total. The molecule has 0 aliphatic heterocycles. The van der Waals surface area contributed by atoms with Crippen molar-refractivity contribution in [2.45, 2.75) is 33.2 Å². The van der Waals surface area contributed by atoms with Crippen LogP contribution in [0, 0.1) is 0 Å². The number of rotatable bonds is 9. The Morgan fingerprint density at radius 1 is 1.28 bits per heavy atom. The molecule has 1 aromatic rings. The molecule has 1 heterocycles. The largest absolute Gasteiger partial charge is 0.492 e. The van der Waals surface area contributed by atoms with E-state index in [0.29, 0.717) is 13.2 Å². The molecule has 1 aromatic heterocycles. The highest BCUT2D eigenvalue weighted by Gasteiger charge is 2.11. The van der Waals surface area contributed by atoms with Gasteiger partial charge in [-0.05, 0) is 31.5 Å². The first-order chi connectivity index (χ1) is 8.81. The summed E-state index contributed by atoms with van der Waals surface area (Å²) in [5, 5.41) is 3.41. The molecule has 0 amide bonds. The molecular weight excluding hydrogens is 228 g/mol. The highest BCUT2D eigenvalue weighted by atomic mass is 16.5.